The second kappa shape index (κ2) is 31.8. The van der Waals surface area contributed by atoms with Crippen LogP contribution in [0, 0.1) is 10.8 Å². The highest BCUT2D eigenvalue weighted by Gasteiger charge is 2.56. The largest absolute Gasteiger partial charge is 0.494 e. The fourth-order valence-electron chi connectivity index (χ4n) is 8.75. The van der Waals surface area contributed by atoms with Crippen molar-refractivity contribution in [1.29, 1.82) is 0 Å². The summed E-state index contributed by atoms with van der Waals surface area (Å²) in [7, 11) is 6.60. The van der Waals surface area contributed by atoms with E-state index in [1.54, 1.807) is 65.8 Å². The zero-order valence-corrected chi connectivity index (χ0v) is 52.2. The summed E-state index contributed by atoms with van der Waals surface area (Å²) < 4.78 is 66.4. The van der Waals surface area contributed by atoms with Crippen LogP contribution in [0.4, 0.5) is 32.3 Å². The van der Waals surface area contributed by atoms with Gasteiger partial charge in [0.25, 0.3) is 46.2 Å². The molecule has 5 rings (SSSR count). The molecule has 26 heteroatoms. The minimum Gasteiger partial charge on any atom is -0.494 e. The number of imide groups is 2. The minimum atomic E-state index is -1.85. The van der Waals surface area contributed by atoms with E-state index in [2.05, 4.69) is 31.2 Å². The summed E-state index contributed by atoms with van der Waals surface area (Å²) in [5.41, 5.74) is -2.08. The highest BCUT2D eigenvalue weighted by Crippen LogP contribution is 2.40. The maximum atomic E-state index is 13.6. The van der Waals surface area contributed by atoms with Gasteiger partial charge in [0.1, 0.15) is 22.9 Å². The number of methoxy groups -OCH3 is 4. The van der Waals surface area contributed by atoms with Crippen LogP contribution in [0.3, 0.4) is 0 Å². The van der Waals surface area contributed by atoms with Gasteiger partial charge in [-0.1, -0.05) is 137 Å². The highest BCUT2D eigenvalue weighted by molar-refractivity contribution is 7.81. The molecule has 4 N–H and O–H groups in total. The van der Waals surface area contributed by atoms with Crippen LogP contribution in [0.15, 0.2) is 60.7 Å². The lowest BCUT2D eigenvalue weighted by Crippen LogP contribution is -2.55. The van der Waals surface area contributed by atoms with Crippen molar-refractivity contribution >= 4 is 92.6 Å². The van der Waals surface area contributed by atoms with Gasteiger partial charge in [-0.2, -0.15) is 0 Å². The van der Waals surface area contributed by atoms with Crippen molar-refractivity contribution in [1.82, 2.24) is 14.7 Å². The Hall–Kier alpha value is -7.00. The van der Waals surface area contributed by atoms with Crippen molar-refractivity contribution in [3.63, 3.8) is 0 Å². The van der Waals surface area contributed by atoms with E-state index in [0.29, 0.717) is 27.8 Å². The predicted molar refractivity (Wildman–Crippen MR) is 317 cm³/mol. The number of benzene rings is 3. The van der Waals surface area contributed by atoms with Crippen molar-refractivity contribution in [2.75, 3.05) is 62.2 Å². The molecule has 24 nitrogen and oxygen atoms in total. The molecule has 0 aromatic heterocycles. The van der Waals surface area contributed by atoms with E-state index in [-0.39, 0.29) is 35.2 Å². The number of nitrogens with zero attached hydrogens (tertiary/aromatic N) is 3. The Morgan fingerprint density at radius 2 is 1.14 bits per heavy atom. The Labute approximate surface area is 497 Å². The number of ketones is 2. The van der Waals surface area contributed by atoms with Crippen LogP contribution in [0.2, 0.25) is 0 Å². The lowest BCUT2D eigenvalue weighted by molar-refractivity contribution is -0.148. The third-order valence-corrected chi connectivity index (χ3v) is 14.8. The van der Waals surface area contributed by atoms with Crippen LogP contribution < -0.4 is 34.3 Å². The van der Waals surface area contributed by atoms with Crippen molar-refractivity contribution in [3.8, 4) is 17.2 Å². The Bertz CT molecular complexity index is 2830. The number of ether oxygens (including phenoxy) is 5. The van der Waals surface area contributed by atoms with Crippen LogP contribution in [-0.2, 0) is 75.7 Å². The summed E-state index contributed by atoms with van der Waals surface area (Å²) in [6.07, 6.45) is 9.39. The van der Waals surface area contributed by atoms with Gasteiger partial charge in [0.15, 0.2) is 29.3 Å². The quantitative estimate of drug-likeness (QED) is 0.0265. The van der Waals surface area contributed by atoms with Gasteiger partial charge >= 0.3 is 12.1 Å². The number of Topliss-reactive ketones (excluding diaryl/α,β-unsaturated/α-hetero) is 2. The van der Waals surface area contributed by atoms with Gasteiger partial charge in [-0.3, -0.25) is 51.5 Å². The number of hydrogen-bond acceptors (Lipinski definition) is 17. The molecule has 2 aliphatic rings. The second-order valence-electron chi connectivity index (χ2n) is 22.3. The molecule has 3 aromatic carbocycles. The van der Waals surface area contributed by atoms with E-state index >= 15 is 0 Å². The average molecular weight is 1210 g/mol. The van der Waals surface area contributed by atoms with Crippen molar-refractivity contribution in [2.24, 2.45) is 10.8 Å². The topological polar surface area (TPSA) is 293 Å². The molecule has 7 amide bonds. The molecule has 0 saturated carbocycles. The Kier molecular flexibility index (Phi) is 26.3. The molecule has 5 atom stereocenters. The SMILES string of the molecule is CCCCCCCCCCCCOS(=O)Nc1cc(OC)c(NC(=O)C(C(=O)C(C)(C)C)N2C(=O)OC(C)(C)C2=O)c(OC)c1.COc1cc(NS(=O)OC)ccc1NC(=O)C(C(=O)C(C)(C)C)N1C(=O)C(OC)N(Cc2ccccc2)C1=O. The summed E-state index contributed by atoms with van der Waals surface area (Å²) in [5.74, 6) is -4.45. The summed E-state index contributed by atoms with van der Waals surface area (Å²) >= 11 is -3.65. The molecule has 0 aliphatic carbocycles. The molecule has 0 radical (unpaired) electrons. The molecular formula is C58H83N7O17S2. The van der Waals surface area contributed by atoms with Crippen LogP contribution >= 0.6 is 0 Å². The number of unbranched alkanes of at least 4 members (excludes halogenated alkanes) is 9. The summed E-state index contributed by atoms with van der Waals surface area (Å²) in [5, 5.41) is 5.19. The third-order valence-electron chi connectivity index (χ3n) is 13.3. The standard InChI is InChI=1S/C32H51N3O9S.C26H32N4O8S/c1-9-10-11-12-13-14-15-16-17-18-19-43-45(40)34-22-20-23(41-7)25(24(21-22)42-8)33-28(37)26(27(36)31(2,3)4)35-29(38)32(5,6)44-30(35)39;1-26(2,3)21(31)20(22(32)27-18-13-12-17(14-19(18)36-4)28-39(35)38-6)30-23(33)24(37-5)29(25(30)34)15-16-10-8-7-9-11-16/h20-21,26,34H,9-19H2,1-8H3,(H,33,37);7-14,20,24,28H,15H2,1-6H3,(H,27,32). The van der Waals surface area contributed by atoms with E-state index < -0.39 is 105 Å². The molecular weight excluding hydrogens is 1130 g/mol. The number of cyclic esters (lactones) is 1. The normalized spacial score (nSPS) is 16.4. The van der Waals surface area contributed by atoms with Gasteiger partial charge in [0.05, 0.1) is 58.7 Å². The van der Waals surface area contributed by atoms with Gasteiger partial charge in [0.2, 0.25) is 6.23 Å². The van der Waals surface area contributed by atoms with Gasteiger partial charge in [-0.05, 0) is 38.0 Å². The summed E-state index contributed by atoms with van der Waals surface area (Å²) in [4.78, 5) is 109. The van der Waals surface area contributed by atoms with E-state index in [9.17, 15) is 46.8 Å². The number of rotatable bonds is 31. The molecule has 2 heterocycles. The number of carbonyl (C=O) groups excluding carboxylic acids is 8. The van der Waals surface area contributed by atoms with E-state index in [1.807, 2.05) is 6.07 Å². The molecule has 2 fully saturated rings. The van der Waals surface area contributed by atoms with Crippen LogP contribution in [0.5, 0.6) is 17.2 Å². The first kappa shape index (κ1) is 69.5. The van der Waals surface area contributed by atoms with Crippen molar-refractivity contribution < 1.29 is 78.8 Å². The minimum absolute atomic E-state index is 0.0313. The number of anilines is 4. The van der Waals surface area contributed by atoms with E-state index in [1.165, 1.54) is 130 Å². The second-order valence-corrected chi connectivity index (χ2v) is 24.2. The maximum Gasteiger partial charge on any atom is 0.418 e. The zero-order chi connectivity index (χ0) is 62.7. The molecule has 2 aliphatic heterocycles. The molecule has 0 bridgehead atoms. The highest BCUT2D eigenvalue weighted by atomic mass is 32.2. The molecule has 464 valence electrons. The average Bonchev–Trinajstić information content (AvgIpc) is 2.83. The number of nitrogens with one attached hydrogen (secondary N) is 4. The maximum absolute atomic E-state index is 13.6. The third kappa shape index (κ3) is 18.8. The first-order valence-corrected chi connectivity index (χ1v) is 29.7. The van der Waals surface area contributed by atoms with Crippen molar-refractivity contribution in [2.45, 2.75) is 157 Å². The number of urea groups is 1. The molecule has 3 aromatic rings. The van der Waals surface area contributed by atoms with Gasteiger partial charge in [0, 0.05) is 36.1 Å². The van der Waals surface area contributed by atoms with Gasteiger partial charge < -0.3 is 34.3 Å². The van der Waals surface area contributed by atoms with Crippen LogP contribution in [0.1, 0.15) is 132 Å². The molecule has 84 heavy (non-hydrogen) atoms. The first-order valence-electron chi connectivity index (χ1n) is 27.6. The van der Waals surface area contributed by atoms with E-state index in [4.69, 9.17) is 27.9 Å². The van der Waals surface area contributed by atoms with Gasteiger partial charge in [-0.15, -0.1) is 0 Å². The Balaban J connectivity index is 0.000000364. The molecule has 0 spiro atoms. The fraction of sp³-hybridized carbons (Fsp3) is 0.552. The lowest BCUT2D eigenvalue weighted by atomic mass is 9.85. The lowest BCUT2D eigenvalue weighted by Gasteiger charge is -2.29. The smallest absolute Gasteiger partial charge is 0.418 e. The number of hydrogen-bond donors (Lipinski definition) is 4. The zero-order valence-electron chi connectivity index (χ0n) is 50.6. The number of carbonyl (C=O) groups is 8. The number of amides is 7. The van der Waals surface area contributed by atoms with Crippen LogP contribution in [-0.4, -0.2) is 137 Å². The summed E-state index contributed by atoms with van der Waals surface area (Å²) in [6.45, 7) is 14.8. The van der Waals surface area contributed by atoms with Gasteiger partial charge in [-0.25, -0.2) is 27.8 Å². The Morgan fingerprint density at radius 3 is 1.63 bits per heavy atom. The monoisotopic (exact) mass is 1210 g/mol. The predicted octanol–water partition coefficient (Wildman–Crippen LogP) is 9.00. The van der Waals surface area contributed by atoms with E-state index in [0.717, 1.165) is 24.8 Å². The summed E-state index contributed by atoms with van der Waals surface area (Å²) in [6, 6.07) is 11.9. The Morgan fingerprint density at radius 1 is 0.643 bits per heavy atom. The van der Waals surface area contributed by atoms with Crippen molar-refractivity contribution in [3.05, 3.63) is 66.2 Å². The van der Waals surface area contributed by atoms with Crippen LogP contribution in [0.25, 0.3) is 0 Å². The first-order chi connectivity index (χ1) is 39.6. The molecule has 5 unspecified atom stereocenters. The fourth-order valence-corrected chi connectivity index (χ4v) is 9.79. The molecule has 2 saturated heterocycles.